The van der Waals surface area contributed by atoms with E-state index in [1.807, 2.05) is 31.2 Å². The lowest BCUT2D eigenvalue weighted by atomic mass is 10.1. The van der Waals surface area contributed by atoms with Crippen molar-refractivity contribution < 1.29 is 9.59 Å². The van der Waals surface area contributed by atoms with Crippen LogP contribution in [0.2, 0.25) is 5.02 Å². The topological polar surface area (TPSA) is 70.2 Å². The standard InChI is InChI=1S/C23H20ClN3O2S/c1-15-4-2-6-19(12-15)25-22(29)17-5-3-7-20(14-17)26-23(30)27-21(28)13-16-8-10-18(24)11-9-16/h2-12,14H,13H2,1H3,(H,25,29)(H2,26,27,28,30). The predicted octanol–water partition coefficient (Wildman–Crippen LogP) is 4.96. The molecule has 0 atom stereocenters. The molecule has 0 radical (unpaired) electrons. The maximum atomic E-state index is 12.5. The molecular formula is C23H20ClN3O2S. The average molecular weight is 438 g/mol. The number of aryl methyl sites for hydroxylation is 1. The third-order valence-corrected chi connectivity index (χ3v) is 4.65. The number of amides is 2. The quantitative estimate of drug-likeness (QED) is 0.493. The zero-order valence-electron chi connectivity index (χ0n) is 16.2. The SMILES string of the molecule is Cc1cccc(NC(=O)c2cccc(NC(=S)NC(=O)Cc3ccc(Cl)cc3)c2)c1. The summed E-state index contributed by atoms with van der Waals surface area (Å²) in [5.41, 5.74) is 3.68. The molecule has 7 heteroatoms. The van der Waals surface area contributed by atoms with Crippen LogP contribution in [-0.2, 0) is 11.2 Å². The van der Waals surface area contributed by atoms with Crippen LogP contribution in [0.15, 0.2) is 72.8 Å². The summed E-state index contributed by atoms with van der Waals surface area (Å²) < 4.78 is 0. The van der Waals surface area contributed by atoms with Crippen molar-refractivity contribution in [3.05, 3.63) is 94.5 Å². The summed E-state index contributed by atoms with van der Waals surface area (Å²) in [6.45, 7) is 1.96. The van der Waals surface area contributed by atoms with Gasteiger partial charge in [-0.25, -0.2) is 0 Å². The first-order chi connectivity index (χ1) is 14.4. The van der Waals surface area contributed by atoms with Crippen LogP contribution in [0.5, 0.6) is 0 Å². The Hall–Kier alpha value is -3.22. The number of rotatable bonds is 5. The third kappa shape index (κ3) is 6.40. The average Bonchev–Trinajstić information content (AvgIpc) is 2.70. The summed E-state index contributed by atoms with van der Waals surface area (Å²) in [5.74, 6) is -0.481. The summed E-state index contributed by atoms with van der Waals surface area (Å²) in [7, 11) is 0. The fourth-order valence-electron chi connectivity index (χ4n) is 2.79. The molecule has 0 saturated heterocycles. The van der Waals surface area contributed by atoms with Crippen LogP contribution >= 0.6 is 23.8 Å². The number of thiocarbonyl (C=S) groups is 1. The Bertz CT molecular complexity index is 1080. The minimum absolute atomic E-state index is 0.158. The van der Waals surface area contributed by atoms with Gasteiger partial charge in [0.05, 0.1) is 6.42 Å². The normalized spacial score (nSPS) is 10.2. The molecule has 0 aromatic heterocycles. The van der Waals surface area contributed by atoms with Crippen LogP contribution in [0.25, 0.3) is 0 Å². The fourth-order valence-corrected chi connectivity index (χ4v) is 3.14. The molecule has 3 aromatic rings. The van der Waals surface area contributed by atoms with Gasteiger partial charge in [-0.15, -0.1) is 0 Å². The van der Waals surface area contributed by atoms with E-state index in [0.717, 1.165) is 16.8 Å². The molecule has 3 N–H and O–H groups in total. The highest BCUT2D eigenvalue weighted by Gasteiger charge is 2.10. The number of carbonyl (C=O) groups excluding carboxylic acids is 2. The highest BCUT2D eigenvalue weighted by molar-refractivity contribution is 7.80. The van der Waals surface area contributed by atoms with Gasteiger partial charge in [0.25, 0.3) is 5.91 Å². The lowest BCUT2D eigenvalue weighted by Gasteiger charge is -2.11. The maximum absolute atomic E-state index is 12.5. The Morgan fingerprint density at radius 1 is 0.900 bits per heavy atom. The summed E-state index contributed by atoms with van der Waals surface area (Å²) in [6.07, 6.45) is 0.178. The van der Waals surface area contributed by atoms with Gasteiger partial charge in [0.2, 0.25) is 5.91 Å². The number of hydrogen-bond donors (Lipinski definition) is 3. The van der Waals surface area contributed by atoms with Crippen LogP contribution in [0, 0.1) is 6.92 Å². The maximum Gasteiger partial charge on any atom is 0.255 e. The molecule has 0 spiro atoms. The number of nitrogens with one attached hydrogen (secondary N) is 3. The van der Waals surface area contributed by atoms with Crippen LogP contribution < -0.4 is 16.0 Å². The second kappa shape index (κ2) is 10.0. The van der Waals surface area contributed by atoms with Gasteiger partial charge in [-0.3, -0.25) is 9.59 Å². The third-order valence-electron chi connectivity index (χ3n) is 4.19. The first-order valence-electron chi connectivity index (χ1n) is 9.22. The largest absolute Gasteiger partial charge is 0.332 e. The molecule has 3 aromatic carbocycles. The Kier molecular flexibility index (Phi) is 7.17. The molecule has 3 rings (SSSR count). The van der Waals surface area contributed by atoms with E-state index < -0.39 is 0 Å². The lowest BCUT2D eigenvalue weighted by molar-refractivity contribution is -0.119. The minimum Gasteiger partial charge on any atom is -0.332 e. The fraction of sp³-hybridized carbons (Fsp3) is 0.0870. The molecular weight excluding hydrogens is 418 g/mol. The minimum atomic E-state index is -0.247. The van der Waals surface area contributed by atoms with Crippen molar-refractivity contribution in [1.29, 1.82) is 0 Å². The molecule has 0 fully saturated rings. The van der Waals surface area contributed by atoms with Crippen molar-refractivity contribution in [2.45, 2.75) is 13.3 Å². The Morgan fingerprint density at radius 2 is 1.57 bits per heavy atom. The number of benzene rings is 3. The van der Waals surface area contributed by atoms with Crippen LogP contribution in [-0.4, -0.2) is 16.9 Å². The van der Waals surface area contributed by atoms with Gasteiger partial charge in [0.1, 0.15) is 0 Å². The number of anilines is 2. The molecule has 0 aliphatic carbocycles. The Balaban J connectivity index is 1.57. The Labute approximate surface area is 185 Å². The second-order valence-corrected chi connectivity index (χ2v) is 7.55. The van der Waals surface area contributed by atoms with E-state index in [-0.39, 0.29) is 23.3 Å². The monoisotopic (exact) mass is 437 g/mol. The van der Waals surface area contributed by atoms with E-state index in [4.69, 9.17) is 23.8 Å². The van der Waals surface area contributed by atoms with Gasteiger partial charge in [0, 0.05) is 22.0 Å². The highest BCUT2D eigenvalue weighted by atomic mass is 35.5. The highest BCUT2D eigenvalue weighted by Crippen LogP contribution is 2.15. The van der Waals surface area contributed by atoms with Crippen LogP contribution in [0.4, 0.5) is 11.4 Å². The molecule has 0 aliphatic heterocycles. The zero-order valence-corrected chi connectivity index (χ0v) is 17.8. The van der Waals surface area contributed by atoms with E-state index in [0.29, 0.717) is 16.3 Å². The predicted molar refractivity (Wildman–Crippen MR) is 125 cm³/mol. The molecule has 0 aliphatic rings. The molecule has 0 unspecified atom stereocenters. The summed E-state index contributed by atoms with van der Waals surface area (Å²) in [6, 6.07) is 21.5. The van der Waals surface area contributed by atoms with Crippen molar-refractivity contribution in [3.63, 3.8) is 0 Å². The lowest BCUT2D eigenvalue weighted by Crippen LogP contribution is -2.35. The summed E-state index contributed by atoms with van der Waals surface area (Å²) in [4.78, 5) is 24.7. The van der Waals surface area contributed by atoms with Gasteiger partial charge in [-0.05, 0) is 72.7 Å². The van der Waals surface area contributed by atoms with Gasteiger partial charge in [0.15, 0.2) is 5.11 Å². The van der Waals surface area contributed by atoms with Gasteiger partial charge in [-0.2, -0.15) is 0 Å². The molecule has 0 bridgehead atoms. The van der Waals surface area contributed by atoms with E-state index in [1.54, 1.807) is 48.5 Å². The van der Waals surface area contributed by atoms with Crippen LogP contribution in [0.3, 0.4) is 0 Å². The molecule has 0 heterocycles. The van der Waals surface area contributed by atoms with Gasteiger partial charge >= 0.3 is 0 Å². The first-order valence-corrected chi connectivity index (χ1v) is 10.0. The van der Waals surface area contributed by atoms with Gasteiger partial charge < -0.3 is 16.0 Å². The van der Waals surface area contributed by atoms with E-state index in [9.17, 15) is 9.59 Å². The van der Waals surface area contributed by atoms with Crippen molar-refractivity contribution >= 4 is 52.1 Å². The molecule has 5 nitrogen and oxygen atoms in total. The molecule has 30 heavy (non-hydrogen) atoms. The Morgan fingerprint density at radius 3 is 2.27 bits per heavy atom. The van der Waals surface area contributed by atoms with Crippen molar-refractivity contribution in [2.24, 2.45) is 0 Å². The molecule has 2 amide bonds. The zero-order chi connectivity index (χ0) is 21.5. The molecule has 152 valence electrons. The van der Waals surface area contributed by atoms with Gasteiger partial charge in [-0.1, -0.05) is 41.9 Å². The van der Waals surface area contributed by atoms with Crippen molar-refractivity contribution in [2.75, 3.05) is 10.6 Å². The number of halogens is 1. The summed E-state index contributed by atoms with van der Waals surface area (Å²) in [5, 5.41) is 9.20. The van der Waals surface area contributed by atoms with E-state index >= 15 is 0 Å². The van der Waals surface area contributed by atoms with E-state index in [2.05, 4.69) is 16.0 Å². The second-order valence-electron chi connectivity index (χ2n) is 6.71. The first kappa shape index (κ1) is 21.5. The van der Waals surface area contributed by atoms with Crippen molar-refractivity contribution in [3.8, 4) is 0 Å². The molecule has 0 saturated carbocycles. The van der Waals surface area contributed by atoms with E-state index in [1.165, 1.54) is 0 Å². The smallest absolute Gasteiger partial charge is 0.255 e. The van der Waals surface area contributed by atoms with Crippen LogP contribution in [0.1, 0.15) is 21.5 Å². The number of hydrogen-bond acceptors (Lipinski definition) is 3. The number of carbonyl (C=O) groups is 2. The summed E-state index contributed by atoms with van der Waals surface area (Å²) >= 11 is 11.1. The van der Waals surface area contributed by atoms with Crippen molar-refractivity contribution in [1.82, 2.24) is 5.32 Å².